The van der Waals surface area contributed by atoms with E-state index in [1.165, 1.54) is 6.08 Å². The van der Waals surface area contributed by atoms with Crippen LogP contribution in [0.15, 0.2) is 48.5 Å². The lowest BCUT2D eigenvalue weighted by molar-refractivity contribution is -0.111. The van der Waals surface area contributed by atoms with Crippen LogP contribution in [0, 0.1) is 0 Å². The second kappa shape index (κ2) is 12.4. The molecule has 0 aliphatic heterocycles. The number of hydrogen-bond donors (Lipinski definition) is 2. The lowest BCUT2D eigenvalue weighted by Gasteiger charge is -2.17. The van der Waals surface area contributed by atoms with Crippen molar-refractivity contribution in [1.29, 1.82) is 0 Å². The number of nitrogens with zero attached hydrogens (tertiary/aromatic N) is 1. The van der Waals surface area contributed by atoms with Crippen LogP contribution >= 0.6 is 0 Å². The van der Waals surface area contributed by atoms with E-state index in [0.29, 0.717) is 29.3 Å². The van der Waals surface area contributed by atoms with Crippen LogP contribution in [-0.2, 0) is 4.79 Å². The first-order valence-corrected chi connectivity index (χ1v) is 10.3. The lowest BCUT2D eigenvalue weighted by Crippen LogP contribution is -2.34. The minimum atomic E-state index is -0.290. The fourth-order valence-corrected chi connectivity index (χ4v) is 2.99. The van der Waals surface area contributed by atoms with E-state index in [0.717, 1.165) is 25.2 Å². The molecular formula is C24H31N3O4. The van der Waals surface area contributed by atoms with Crippen LogP contribution in [0.4, 0.5) is 5.69 Å². The number of methoxy groups -OCH3 is 2. The van der Waals surface area contributed by atoms with Gasteiger partial charge in [0.05, 0.1) is 14.2 Å². The molecule has 0 aromatic heterocycles. The molecule has 0 unspecified atom stereocenters. The predicted molar refractivity (Wildman–Crippen MR) is 124 cm³/mol. The second-order valence-electron chi connectivity index (χ2n) is 6.79. The first-order valence-electron chi connectivity index (χ1n) is 10.3. The van der Waals surface area contributed by atoms with Crippen LogP contribution in [0.3, 0.4) is 0 Å². The lowest BCUT2D eigenvalue weighted by atomic mass is 10.1. The Labute approximate surface area is 184 Å². The van der Waals surface area contributed by atoms with E-state index in [1.807, 2.05) is 0 Å². The highest BCUT2D eigenvalue weighted by Gasteiger charge is 2.07. The van der Waals surface area contributed by atoms with E-state index >= 15 is 0 Å². The van der Waals surface area contributed by atoms with E-state index in [1.54, 1.807) is 62.8 Å². The van der Waals surface area contributed by atoms with Gasteiger partial charge in [-0.15, -0.1) is 0 Å². The molecule has 0 spiro atoms. The summed E-state index contributed by atoms with van der Waals surface area (Å²) in [6.45, 7) is 7.52. The Morgan fingerprint density at radius 3 is 2.32 bits per heavy atom. The zero-order chi connectivity index (χ0) is 22.6. The highest BCUT2D eigenvalue weighted by atomic mass is 16.5. The Balaban J connectivity index is 1.92. The summed E-state index contributed by atoms with van der Waals surface area (Å²) in [6, 6.07) is 12.2. The van der Waals surface area contributed by atoms with Crippen LogP contribution in [0.25, 0.3) is 6.08 Å². The van der Waals surface area contributed by atoms with Gasteiger partial charge in [0.2, 0.25) is 5.91 Å². The molecule has 0 saturated carbocycles. The van der Waals surface area contributed by atoms with Crippen molar-refractivity contribution in [2.24, 2.45) is 0 Å². The van der Waals surface area contributed by atoms with E-state index in [-0.39, 0.29) is 11.8 Å². The molecule has 0 heterocycles. The normalized spacial score (nSPS) is 10.9. The van der Waals surface area contributed by atoms with Crippen molar-refractivity contribution in [2.75, 3.05) is 45.7 Å². The van der Waals surface area contributed by atoms with Gasteiger partial charge in [0.25, 0.3) is 5.91 Å². The maximum atomic E-state index is 12.3. The molecule has 0 fully saturated rings. The number of benzene rings is 2. The summed E-state index contributed by atoms with van der Waals surface area (Å²) in [5.74, 6) is 0.893. The van der Waals surface area contributed by atoms with E-state index < -0.39 is 0 Å². The van der Waals surface area contributed by atoms with Crippen LogP contribution in [0.1, 0.15) is 29.8 Å². The first kappa shape index (κ1) is 24.0. The minimum absolute atomic E-state index is 0.130. The summed E-state index contributed by atoms with van der Waals surface area (Å²) in [7, 11) is 3.15. The van der Waals surface area contributed by atoms with Crippen molar-refractivity contribution >= 4 is 23.6 Å². The summed E-state index contributed by atoms with van der Waals surface area (Å²) in [6.07, 6.45) is 3.08. The molecule has 7 nitrogen and oxygen atoms in total. The van der Waals surface area contributed by atoms with Crippen molar-refractivity contribution in [3.05, 3.63) is 59.7 Å². The van der Waals surface area contributed by atoms with Crippen molar-refractivity contribution in [1.82, 2.24) is 10.2 Å². The molecule has 0 aliphatic carbocycles. The number of amides is 2. The molecule has 2 aromatic carbocycles. The van der Waals surface area contributed by atoms with Gasteiger partial charge in [0.1, 0.15) is 11.5 Å². The molecule has 0 saturated heterocycles. The maximum absolute atomic E-state index is 12.3. The molecule has 31 heavy (non-hydrogen) atoms. The second-order valence-corrected chi connectivity index (χ2v) is 6.79. The van der Waals surface area contributed by atoms with Crippen LogP contribution < -0.4 is 20.1 Å². The summed E-state index contributed by atoms with van der Waals surface area (Å²) in [5.41, 5.74) is 1.88. The minimum Gasteiger partial charge on any atom is -0.497 e. The molecule has 2 N–H and O–H groups in total. The number of carbonyl (C=O) groups excluding carboxylic acids is 2. The Hall–Kier alpha value is -3.32. The number of anilines is 1. The predicted octanol–water partition coefficient (Wildman–Crippen LogP) is 3.43. The van der Waals surface area contributed by atoms with Gasteiger partial charge < -0.3 is 25.0 Å². The number of ether oxygens (including phenoxy) is 2. The smallest absolute Gasteiger partial charge is 0.251 e. The first-order chi connectivity index (χ1) is 15.0. The van der Waals surface area contributed by atoms with Gasteiger partial charge in [-0.2, -0.15) is 0 Å². The summed E-state index contributed by atoms with van der Waals surface area (Å²) in [4.78, 5) is 26.8. The van der Waals surface area contributed by atoms with Crippen LogP contribution in [0.5, 0.6) is 11.5 Å². The molecular weight excluding hydrogens is 394 g/mol. The topological polar surface area (TPSA) is 79.9 Å². The van der Waals surface area contributed by atoms with Gasteiger partial charge in [-0.25, -0.2) is 0 Å². The summed E-state index contributed by atoms with van der Waals surface area (Å²) < 4.78 is 10.5. The highest BCUT2D eigenvalue weighted by Crippen LogP contribution is 2.25. The van der Waals surface area contributed by atoms with Gasteiger partial charge in [-0.3, -0.25) is 9.59 Å². The molecule has 0 aliphatic rings. The summed E-state index contributed by atoms with van der Waals surface area (Å²) >= 11 is 0. The molecule has 0 atom stereocenters. The van der Waals surface area contributed by atoms with Gasteiger partial charge >= 0.3 is 0 Å². The Kier molecular flexibility index (Phi) is 9.58. The number of likely N-dealkylation sites (N-methyl/N-ethyl adjacent to an activating group) is 1. The molecule has 0 bridgehead atoms. The quantitative estimate of drug-likeness (QED) is 0.539. The molecule has 2 aromatic rings. The summed E-state index contributed by atoms with van der Waals surface area (Å²) in [5, 5.41) is 5.70. The SMILES string of the molecule is CCN(CC)CCNC(=O)c1ccc(NC(=O)/C=C/c2cc(OC)ccc2OC)cc1. The molecule has 0 radical (unpaired) electrons. The highest BCUT2D eigenvalue weighted by molar-refractivity contribution is 6.02. The molecule has 7 heteroatoms. The largest absolute Gasteiger partial charge is 0.497 e. The number of hydrogen-bond acceptors (Lipinski definition) is 5. The van der Waals surface area contributed by atoms with Gasteiger partial charge in [0.15, 0.2) is 0 Å². The van der Waals surface area contributed by atoms with Gasteiger partial charge in [-0.05, 0) is 61.6 Å². The van der Waals surface area contributed by atoms with Crippen molar-refractivity contribution < 1.29 is 19.1 Å². The van der Waals surface area contributed by atoms with E-state index in [9.17, 15) is 9.59 Å². The van der Waals surface area contributed by atoms with Gasteiger partial charge in [0, 0.05) is 36.0 Å². The third kappa shape index (κ3) is 7.46. The van der Waals surface area contributed by atoms with Crippen LogP contribution in [-0.4, -0.2) is 57.1 Å². The van der Waals surface area contributed by atoms with Crippen LogP contribution in [0.2, 0.25) is 0 Å². The zero-order valence-electron chi connectivity index (χ0n) is 18.6. The van der Waals surface area contributed by atoms with Crippen molar-refractivity contribution in [3.8, 4) is 11.5 Å². The zero-order valence-corrected chi connectivity index (χ0v) is 18.6. The fourth-order valence-electron chi connectivity index (χ4n) is 2.99. The number of carbonyl (C=O) groups is 2. The monoisotopic (exact) mass is 425 g/mol. The number of rotatable bonds is 11. The average molecular weight is 426 g/mol. The Morgan fingerprint density at radius 1 is 1.00 bits per heavy atom. The average Bonchev–Trinajstić information content (AvgIpc) is 2.80. The maximum Gasteiger partial charge on any atom is 0.251 e. The molecule has 166 valence electrons. The third-order valence-corrected chi connectivity index (χ3v) is 4.87. The van der Waals surface area contributed by atoms with Crippen molar-refractivity contribution in [2.45, 2.75) is 13.8 Å². The van der Waals surface area contributed by atoms with Crippen molar-refractivity contribution in [3.63, 3.8) is 0 Å². The number of nitrogens with one attached hydrogen (secondary N) is 2. The van der Waals surface area contributed by atoms with E-state index in [2.05, 4.69) is 29.4 Å². The Morgan fingerprint density at radius 2 is 1.71 bits per heavy atom. The molecule has 2 amide bonds. The molecule has 2 rings (SSSR count). The standard InChI is InChI=1S/C24H31N3O4/c1-5-27(6-2)16-15-25-24(29)18-7-10-20(11-8-18)26-23(28)14-9-19-17-21(30-3)12-13-22(19)31-4/h7-14,17H,5-6,15-16H2,1-4H3,(H,25,29)(H,26,28)/b14-9+. The van der Waals surface area contributed by atoms with E-state index in [4.69, 9.17) is 9.47 Å². The fraction of sp³-hybridized carbons (Fsp3) is 0.333. The Bertz CT molecular complexity index is 890. The van der Waals surface area contributed by atoms with Gasteiger partial charge in [-0.1, -0.05) is 13.8 Å². The third-order valence-electron chi connectivity index (χ3n) is 4.87.